The maximum atomic E-state index is 8.58. The lowest BCUT2D eigenvalue weighted by molar-refractivity contribution is 0.311. The molecule has 0 aliphatic rings. The molecule has 1 aromatic rings. The third-order valence-corrected chi connectivity index (χ3v) is 2.47. The van der Waals surface area contributed by atoms with Gasteiger partial charge in [-0.2, -0.15) is 0 Å². The number of rotatable bonds is 3. The Hall–Kier alpha value is -0.150. The molecular formula is C8H8Cl3NO. The van der Waals surface area contributed by atoms with E-state index in [0.717, 1.165) is 0 Å². The number of aliphatic hydroxyl groups is 1. The van der Waals surface area contributed by atoms with Crippen molar-refractivity contribution in [1.82, 2.24) is 0 Å². The highest BCUT2D eigenvalue weighted by Gasteiger charge is 2.04. The lowest BCUT2D eigenvalue weighted by atomic mass is 10.3. The molecule has 0 heterocycles. The zero-order valence-corrected chi connectivity index (χ0v) is 8.92. The molecular weight excluding hydrogens is 232 g/mol. The Bertz CT molecular complexity index is 304. The molecule has 0 saturated carbocycles. The highest BCUT2D eigenvalue weighted by Crippen LogP contribution is 2.31. The Kier molecular flexibility index (Phi) is 4.13. The number of aliphatic hydroxyl groups excluding tert-OH is 1. The largest absolute Gasteiger partial charge is 0.395 e. The van der Waals surface area contributed by atoms with E-state index in [1.54, 1.807) is 12.1 Å². The molecule has 0 atom stereocenters. The predicted octanol–water partition coefficient (Wildman–Crippen LogP) is 3.05. The van der Waals surface area contributed by atoms with Gasteiger partial charge in [0, 0.05) is 6.54 Å². The van der Waals surface area contributed by atoms with Crippen molar-refractivity contribution in [1.29, 1.82) is 0 Å². The molecule has 2 nitrogen and oxygen atoms in total. The molecule has 0 saturated heterocycles. The van der Waals surface area contributed by atoms with E-state index in [0.29, 0.717) is 27.3 Å². The summed E-state index contributed by atoms with van der Waals surface area (Å²) in [4.78, 5) is 0. The number of benzene rings is 1. The van der Waals surface area contributed by atoms with Crippen LogP contribution in [-0.4, -0.2) is 18.3 Å². The number of halogens is 3. The van der Waals surface area contributed by atoms with Crippen molar-refractivity contribution in [2.24, 2.45) is 0 Å². The topological polar surface area (TPSA) is 32.3 Å². The molecule has 13 heavy (non-hydrogen) atoms. The van der Waals surface area contributed by atoms with Crippen LogP contribution in [0.5, 0.6) is 0 Å². The fourth-order valence-electron chi connectivity index (χ4n) is 0.849. The van der Waals surface area contributed by atoms with Crippen LogP contribution < -0.4 is 5.32 Å². The molecule has 72 valence electrons. The third-order valence-electron chi connectivity index (χ3n) is 1.44. The van der Waals surface area contributed by atoms with Crippen LogP contribution in [0.1, 0.15) is 0 Å². The molecule has 5 heteroatoms. The van der Waals surface area contributed by atoms with E-state index in [9.17, 15) is 0 Å². The van der Waals surface area contributed by atoms with Gasteiger partial charge in [0.2, 0.25) is 0 Å². The highest BCUT2D eigenvalue weighted by molar-refractivity contribution is 6.44. The Balaban J connectivity index is 2.88. The standard InChI is InChI=1S/C8H8Cl3NO/c9-5-3-7(11)8(4-6(5)10)12-1-2-13/h3-4,12-13H,1-2H2. The van der Waals surface area contributed by atoms with E-state index in [-0.39, 0.29) is 6.61 Å². The Morgan fingerprint density at radius 2 is 1.69 bits per heavy atom. The average Bonchev–Trinajstić information content (AvgIpc) is 2.09. The van der Waals surface area contributed by atoms with Crippen LogP contribution in [0.4, 0.5) is 5.69 Å². The zero-order valence-electron chi connectivity index (χ0n) is 6.65. The summed E-state index contributed by atoms with van der Waals surface area (Å²) in [5.41, 5.74) is 0.671. The highest BCUT2D eigenvalue weighted by atomic mass is 35.5. The molecule has 1 rings (SSSR count). The second-order valence-corrected chi connectivity index (χ2v) is 3.62. The third kappa shape index (κ3) is 2.92. The molecule has 0 fully saturated rings. The van der Waals surface area contributed by atoms with E-state index in [1.165, 1.54) is 0 Å². The predicted molar refractivity (Wildman–Crippen MR) is 57.0 cm³/mol. The summed E-state index contributed by atoms with van der Waals surface area (Å²) in [6.45, 7) is 0.467. The summed E-state index contributed by atoms with van der Waals surface area (Å²) in [5, 5.41) is 12.8. The maximum Gasteiger partial charge on any atom is 0.0653 e. The molecule has 0 aliphatic carbocycles. The van der Waals surface area contributed by atoms with Crippen LogP contribution in [0.25, 0.3) is 0 Å². The fraction of sp³-hybridized carbons (Fsp3) is 0.250. The lowest BCUT2D eigenvalue weighted by Crippen LogP contribution is -2.05. The first-order valence-electron chi connectivity index (χ1n) is 3.64. The molecule has 0 unspecified atom stereocenters. The van der Waals surface area contributed by atoms with Crippen molar-refractivity contribution in [3.05, 3.63) is 27.2 Å². The summed E-state index contributed by atoms with van der Waals surface area (Å²) < 4.78 is 0. The van der Waals surface area contributed by atoms with E-state index in [1.807, 2.05) is 0 Å². The number of anilines is 1. The molecule has 0 aromatic heterocycles. The van der Waals surface area contributed by atoms with Crippen LogP contribution in [-0.2, 0) is 0 Å². The van der Waals surface area contributed by atoms with Gasteiger partial charge in [0.05, 0.1) is 27.4 Å². The second kappa shape index (κ2) is 4.91. The van der Waals surface area contributed by atoms with Crippen LogP contribution >= 0.6 is 34.8 Å². The van der Waals surface area contributed by atoms with Crippen molar-refractivity contribution >= 4 is 40.5 Å². The van der Waals surface area contributed by atoms with Gasteiger partial charge in [0.1, 0.15) is 0 Å². The normalized spacial score (nSPS) is 10.2. The number of hydrogen-bond donors (Lipinski definition) is 2. The summed E-state index contributed by atoms with van der Waals surface area (Å²) in [7, 11) is 0. The van der Waals surface area contributed by atoms with Gasteiger partial charge in [-0.3, -0.25) is 0 Å². The van der Waals surface area contributed by atoms with Gasteiger partial charge < -0.3 is 10.4 Å². The lowest BCUT2D eigenvalue weighted by Gasteiger charge is -2.07. The Labute approximate surface area is 91.4 Å². The number of hydrogen-bond acceptors (Lipinski definition) is 2. The van der Waals surface area contributed by atoms with Crippen molar-refractivity contribution in [2.45, 2.75) is 0 Å². The van der Waals surface area contributed by atoms with Gasteiger partial charge in [0.25, 0.3) is 0 Å². The van der Waals surface area contributed by atoms with Gasteiger partial charge in [-0.15, -0.1) is 0 Å². The van der Waals surface area contributed by atoms with Gasteiger partial charge in [-0.25, -0.2) is 0 Å². The second-order valence-electron chi connectivity index (χ2n) is 2.40. The SMILES string of the molecule is OCCNc1cc(Cl)c(Cl)cc1Cl. The minimum atomic E-state index is 0.0383. The Morgan fingerprint density at radius 3 is 2.31 bits per heavy atom. The molecule has 0 spiro atoms. The summed E-state index contributed by atoms with van der Waals surface area (Å²) in [6.07, 6.45) is 0. The molecule has 0 radical (unpaired) electrons. The Morgan fingerprint density at radius 1 is 1.08 bits per heavy atom. The van der Waals surface area contributed by atoms with Crippen molar-refractivity contribution in [3.63, 3.8) is 0 Å². The first kappa shape index (κ1) is 10.9. The monoisotopic (exact) mass is 239 g/mol. The molecule has 1 aromatic carbocycles. The summed E-state index contributed by atoms with van der Waals surface area (Å²) >= 11 is 17.3. The van der Waals surface area contributed by atoms with E-state index >= 15 is 0 Å². The van der Waals surface area contributed by atoms with Crippen LogP contribution in [0.2, 0.25) is 15.1 Å². The van der Waals surface area contributed by atoms with Crippen molar-refractivity contribution in [3.8, 4) is 0 Å². The summed E-state index contributed by atoms with van der Waals surface area (Å²) in [6, 6.07) is 3.19. The minimum Gasteiger partial charge on any atom is -0.395 e. The van der Waals surface area contributed by atoms with E-state index in [2.05, 4.69) is 5.32 Å². The van der Waals surface area contributed by atoms with Crippen molar-refractivity contribution < 1.29 is 5.11 Å². The molecule has 0 bridgehead atoms. The molecule has 0 aliphatic heterocycles. The van der Waals surface area contributed by atoms with Gasteiger partial charge in [0.15, 0.2) is 0 Å². The molecule has 2 N–H and O–H groups in total. The summed E-state index contributed by atoms with van der Waals surface area (Å²) in [5.74, 6) is 0. The maximum absolute atomic E-state index is 8.58. The van der Waals surface area contributed by atoms with Gasteiger partial charge >= 0.3 is 0 Å². The smallest absolute Gasteiger partial charge is 0.0653 e. The van der Waals surface area contributed by atoms with E-state index in [4.69, 9.17) is 39.9 Å². The minimum absolute atomic E-state index is 0.0383. The number of nitrogens with one attached hydrogen (secondary N) is 1. The van der Waals surface area contributed by atoms with Crippen LogP contribution in [0.3, 0.4) is 0 Å². The zero-order chi connectivity index (χ0) is 9.84. The van der Waals surface area contributed by atoms with Crippen molar-refractivity contribution in [2.75, 3.05) is 18.5 Å². The molecule has 0 amide bonds. The quantitative estimate of drug-likeness (QED) is 0.796. The van der Waals surface area contributed by atoms with Crippen LogP contribution in [0, 0.1) is 0 Å². The van der Waals surface area contributed by atoms with Gasteiger partial charge in [-0.05, 0) is 12.1 Å². The first-order chi connectivity index (χ1) is 6.15. The first-order valence-corrected chi connectivity index (χ1v) is 4.78. The van der Waals surface area contributed by atoms with Gasteiger partial charge in [-0.1, -0.05) is 34.8 Å². The average molecular weight is 241 g/mol. The fourth-order valence-corrected chi connectivity index (χ4v) is 1.46. The van der Waals surface area contributed by atoms with Crippen LogP contribution in [0.15, 0.2) is 12.1 Å². The van der Waals surface area contributed by atoms with E-state index < -0.39 is 0 Å².